The van der Waals surface area contributed by atoms with Crippen LogP contribution in [0.4, 0.5) is 0 Å². The summed E-state index contributed by atoms with van der Waals surface area (Å²) in [5, 5.41) is 0.819. The number of nitrogens with two attached hydrogens (primary N) is 1. The molecule has 14 heavy (non-hydrogen) atoms. The van der Waals surface area contributed by atoms with Gasteiger partial charge in [0.2, 0.25) is 0 Å². The SMILES string of the molecule is CSc1ccc(CC(C)(C)N)cc1Cl. The Morgan fingerprint density at radius 3 is 2.50 bits per heavy atom. The van der Waals surface area contributed by atoms with Crippen molar-refractivity contribution in [1.82, 2.24) is 0 Å². The molecule has 0 saturated carbocycles. The van der Waals surface area contributed by atoms with E-state index in [9.17, 15) is 0 Å². The van der Waals surface area contributed by atoms with Crippen LogP contribution in [0.15, 0.2) is 23.1 Å². The molecule has 1 aromatic rings. The number of rotatable bonds is 3. The Morgan fingerprint density at radius 2 is 2.07 bits per heavy atom. The lowest BCUT2D eigenvalue weighted by molar-refractivity contribution is 0.516. The Kier molecular flexibility index (Phi) is 3.87. The lowest BCUT2D eigenvalue weighted by Crippen LogP contribution is -2.34. The van der Waals surface area contributed by atoms with E-state index >= 15 is 0 Å². The van der Waals surface area contributed by atoms with E-state index < -0.39 is 0 Å². The number of benzene rings is 1. The van der Waals surface area contributed by atoms with Crippen molar-refractivity contribution in [2.24, 2.45) is 5.73 Å². The first kappa shape index (κ1) is 11.9. The molecule has 0 aliphatic carbocycles. The van der Waals surface area contributed by atoms with E-state index in [0.29, 0.717) is 0 Å². The molecule has 0 aromatic heterocycles. The third kappa shape index (κ3) is 3.52. The van der Waals surface area contributed by atoms with Crippen LogP contribution in [0, 0.1) is 0 Å². The van der Waals surface area contributed by atoms with Crippen molar-refractivity contribution in [3.05, 3.63) is 28.8 Å². The first-order valence-electron chi connectivity index (χ1n) is 4.54. The number of thioether (sulfide) groups is 1. The van der Waals surface area contributed by atoms with E-state index in [1.165, 1.54) is 5.56 Å². The maximum absolute atomic E-state index is 6.10. The fourth-order valence-electron chi connectivity index (χ4n) is 1.35. The summed E-state index contributed by atoms with van der Waals surface area (Å²) >= 11 is 7.76. The third-order valence-electron chi connectivity index (χ3n) is 1.88. The van der Waals surface area contributed by atoms with Crippen molar-refractivity contribution in [1.29, 1.82) is 0 Å². The zero-order chi connectivity index (χ0) is 10.8. The van der Waals surface area contributed by atoms with Gasteiger partial charge in [0, 0.05) is 10.4 Å². The second-order valence-electron chi connectivity index (χ2n) is 4.13. The Balaban J connectivity index is 2.87. The molecule has 0 amide bonds. The first-order chi connectivity index (χ1) is 6.42. The average molecular weight is 230 g/mol. The highest BCUT2D eigenvalue weighted by Gasteiger charge is 2.12. The van der Waals surface area contributed by atoms with Gasteiger partial charge in [-0.2, -0.15) is 0 Å². The largest absolute Gasteiger partial charge is 0.325 e. The minimum atomic E-state index is -0.176. The molecule has 0 heterocycles. The van der Waals surface area contributed by atoms with Crippen molar-refractivity contribution < 1.29 is 0 Å². The summed E-state index contributed by atoms with van der Waals surface area (Å²) in [5.74, 6) is 0. The maximum atomic E-state index is 6.10. The number of halogens is 1. The molecular formula is C11H16ClNS. The second kappa shape index (κ2) is 4.56. The summed E-state index contributed by atoms with van der Waals surface area (Å²) in [6.07, 6.45) is 2.87. The molecule has 1 rings (SSSR count). The van der Waals surface area contributed by atoms with Crippen LogP contribution in [0.1, 0.15) is 19.4 Å². The normalized spacial score (nSPS) is 11.8. The smallest absolute Gasteiger partial charge is 0.0544 e. The summed E-state index contributed by atoms with van der Waals surface area (Å²) in [4.78, 5) is 1.12. The van der Waals surface area contributed by atoms with Crippen molar-refractivity contribution >= 4 is 23.4 Å². The molecule has 2 N–H and O–H groups in total. The van der Waals surface area contributed by atoms with Crippen LogP contribution >= 0.6 is 23.4 Å². The van der Waals surface area contributed by atoms with Crippen LogP contribution in [0.25, 0.3) is 0 Å². The van der Waals surface area contributed by atoms with Crippen LogP contribution in [-0.4, -0.2) is 11.8 Å². The van der Waals surface area contributed by atoms with E-state index in [4.69, 9.17) is 17.3 Å². The summed E-state index contributed by atoms with van der Waals surface area (Å²) in [6.45, 7) is 4.03. The van der Waals surface area contributed by atoms with E-state index in [-0.39, 0.29) is 5.54 Å². The van der Waals surface area contributed by atoms with Crippen molar-refractivity contribution in [3.8, 4) is 0 Å². The van der Waals surface area contributed by atoms with Gasteiger partial charge in [0.25, 0.3) is 0 Å². The van der Waals surface area contributed by atoms with Gasteiger partial charge in [0.15, 0.2) is 0 Å². The highest BCUT2D eigenvalue weighted by atomic mass is 35.5. The molecule has 3 heteroatoms. The molecule has 78 valence electrons. The molecule has 0 bridgehead atoms. The van der Waals surface area contributed by atoms with Gasteiger partial charge in [-0.05, 0) is 44.2 Å². The molecule has 0 radical (unpaired) electrons. The Bertz CT molecular complexity index is 318. The van der Waals surface area contributed by atoms with Gasteiger partial charge < -0.3 is 5.73 Å². The summed E-state index contributed by atoms with van der Waals surface area (Å²) in [7, 11) is 0. The van der Waals surface area contributed by atoms with Gasteiger partial charge >= 0.3 is 0 Å². The fourth-order valence-corrected chi connectivity index (χ4v) is 2.24. The minimum absolute atomic E-state index is 0.176. The van der Waals surface area contributed by atoms with Gasteiger partial charge in [-0.3, -0.25) is 0 Å². The van der Waals surface area contributed by atoms with Gasteiger partial charge in [-0.1, -0.05) is 17.7 Å². The molecule has 0 unspecified atom stereocenters. The van der Waals surface area contributed by atoms with E-state index in [1.807, 2.05) is 32.2 Å². The zero-order valence-corrected chi connectivity index (χ0v) is 10.4. The average Bonchev–Trinajstić information content (AvgIpc) is 2.01. The monoisotopic (exact) mass is 229 g/mol. The van der Waals surface area contributed by atoms with Crippen molar-refractivity contribution in [2.75, 3.05) is 6.26 Å². The second-order valence-corrected chi connectivity index (χ2v) is 5.39. The van der Waals surface area contributed by atoms with Crippen LogP contribution in [-0.2, 0) is 6.42 Å². The van der Waals surface area contributed by atoms with Crippen LogP contribution in [0.2, 0.25) is 5.02 Å². The predicted molar refractivity (Wildman–Crippen MR) is 65.2 cm³/mol. The van der Waals surface area contributed by atoms with E-state index in [1.54, 1.807) is 11.8 Å². The van der Waals surface area contributed by atoms with Crippen molar-refractivity contribution in [2.45, 2.75) is 30.7 Å². The number of hydrogen-bond donors (Lipinski definition) is 1. The molecule has 0 atom stereocenters. The van der Waals surface area contributed by atoms with Crippen LogP contribution in [0.3, 0.4) is 0 Å². The molecule has 0 spiro atoms. The lowest BCUT2D eigenvalue weighted by Gasteiger charge is -2.18. The van der Waals surface area contributed by atoms with Gasteiger partial charge in [-0.15, -0.1) is 11.8 Å². The molecule has 1 nitrogen and oxygen atoms in total. The van der Waals surface area contributed by atoms with Crippen molar-refractivity contribution in [3.63, 3.8) is 0 Å². The van der Waals surface area contributed by atoms with E-state index in [2.05, 4.69) is 6.07 Å². The molecule has 0 aliphatic rings. The maximum Gasteiger partial charge on any atom is 0.0544 e. The lowest BCUT2D eigenvalue weighted by atomic mass is 9.96. The first-order valence-corrected chi connectivity index (χ1v) is 6.14. The summed E-state index contributed by atoms with van der Waals surface area (Å²) in [5.41, 5.74) is 6.96. The summed E-state index contributed by atoms with van der Waals surface area (Å²) < 4.78 is 0. The molecular weight excluding hydrogens is 214 g/mol. The Labute approximate surface area is 95.0 Å². The fraction of sp³-hybridized carbons (Fsp3) is 0.455. The minimum Gasteiger partial charge on any atom is -0.325 e. The third-order valence-corrected chi connectivity index (χ3v) is 3.10. The van der Waals surface area contributed by atoms with Gasteiger partial charge in [-0.25, -0.2) is 0 Å². The van der Waals surface area contributed by atoms with Crippen LogP contribution < -0.4 is 5.73 Å². The van der Waals surface area contributed by atoms with E-state index in [0.717, 1.165) is 16.3 Å². The molecule has 0 fully saturated rings. The van der Waals surface area contributed by atoms with Gasteiger partial charge in [0.1, 0.15) is 0 Å². The Morgan fingerprint density at radius 1 is 1.43 bits per heavy atom. The molecule has 0 saturated heterocycles. The zero-order valence-electron chi connectivity index (χ0n) is 8.80. The Hall–Kier alpha value is -0.180. The predicted octanol–water partition coefficient (Wildman–Crippen LogP) is 3.34. The molecule has 1 aromatic carbocycles. The highest BCUT2D eigenvalue weighted by molar-refractivity contribution is 7.98. The summed E-state index contributed by atoms with van der Waals surface area (Å²) in [6, 6.07) is 6.14. The number of hydrogen-bond acceptors (Lipinski definition) is 2. The standard InChI is InChI=1S/C11H16ClNS/c1-11(2,13)7-8-4-5-10(14-3)9(12)6-8/h4-6H,7,13H2,1-3H3. The van der Waals surface area contributed by atoms with Gasteiger partial charge in [0.05, 0.1) is 5.02 Å². The quantitative estimate of drug-likeness (QED) is 0.805. The molecule has 0 aliphatic heterocycles. The topological polar surface area (TPSA) is 26.0 Å². The van der Waals surface area contributed by atoms with Crippen LogP contribution in [0.5, 0.6) is 0 Å². The highest BCUT2D eigenvalue weighted by Crippen LogP contribution is 2.26.